The smallest absolute Gasteiger partial charge is 0.125 e. The van der Waals surface area contributed by atoms with Crippen LogP contribution < -0.4 is 10.5 Å². The van der Waals surface area contributed by atoms with E-state index in [0.29, 0.717) is 13.0 Å². The second-order valence-corrected chi connectivity index (χ2v) is 4.24. The summed E-state index contributed by atoms with van der Waals surface area (Å²) in [5, 5.41) is 0. The molecule has 2 nitrogen and oxygen atoms in total. The van der Waals surface area contributed by atoms with Gasteiger partial charge in [-0.25, -0.2) is 4.39 Å². The third-order valence-corrected chi connectivity index (χ3v) is 2.31. The first-order valence-corrected chi connectivity index (χ1v) is 5.72. The standard InChI is InChI=1S/C13H20FNO.ClH/c1-4-5-16-13-9(2)6-12(14)8-11(13)7-10(3)15;/h6,8,10H,4-5,7,15H2,1-3H3;1H. The van der Waals surface area contributed by atoms with E-state index in [1.54, 1.807) is 0 Å². The summed E-state index contributed by atoms with van der Waals surface area (Å²) in [6, 6.07) is 3.02. The van der Waals surface area contributed by atoms with Crippen LogP contribution in [0.4, 0.5) is 4.39 Å². The molecule has 0 fully saturated rings. The fourth-order valence-corrected chi connectivity index (χ4v) is 1.71. The molecule has 0 aromatic heterocycles. The van der Waals surface area contributed by atoms with Crippen LogP contribution in [0, 0.1) is 12.7 Å². The van der Waals surface area contributed by atoms with Crippen molar-refractivity contribution in [3.63, 3.8) is 0 Å². The van der Waals surface area contributed by atoms with Crippen LogP contribution in [0.5, 0.6) is 5.75 Å². The molecule has 1 unspecified atom stereocenters. The summed E-state index contributed by atoms with van der Waals surface area (Å²) in [6.07, 6.45) is 1.58. The van der Waals surface area contributed by atoms with Crippen molar-refractivity contribution in [3.8, 4) is 5.75 Å². The normalized spacial score (nSPS) is 11.8. The van der Waals surface area contributed by atoms with Crippen molar-refractivity contribution in [3.05, 3.63) is 29.1 Å². The Kier molecular flexibility index (Phi) is 7.16. The number of nitrogens with two attached hydrogens (primary N) is 1. The predicted octanol–water partition coefficient (Wildman–Crippen LogP) is 3.23. The van der Waals surface area contributed by atoms with E-state index in [2.05, 4.69) is 0 Å². The molecule has 0 saturated heterocycles. The lowest BCUT2D eigenvalue weighted by atomic mass is 10.0. The van der Waals surface area contributed by atoms with Gasteiger partial charge >= 0.3 is 0 Å². The van der Waals surface area contributed by atoms with Gasteiger partial charge < -0.3 is 10.5 Å². The van der Waals surface area contributed by atoms with Gasteiger partial charge in [0, 0.05) is 6.04 Å². The first-order chi connectivity index (χ1) is 7.54. The van der Waals surface area contributed by atoms with E-state index in [1.807, 2.05) is 20.8 Å². The first-order valence-electron chi connectivity index (χ1n) is 5.72. The maximum atomic E-state index is 13.3. The molecule has 0 saturated carbocycles. The monoisotopic (exact) mass is 261 g/mol. The largest absolute Gasteiger partial charge is 0.493 e. The number of hydrogen-bond acceptors (Lipinski definition) is 2. The second-order valence-electron chi connectivity index (χ2n) is 4.24. The molecule has 0 heterocycles. The molecule has 1 atom stereocenters. The molecule has 0 amide bonds. The molecular weight excluding hydrogens is 241 g/mol. The van der Waals surface area contributed by atoms with Gasteiger partial charge in [-0.1, -0.05) is 6.92 Å². The van der Waals surface area contributed by atoms with Gasteiger partial charge in [0.15, 0.2) is 0 Å². The number of hydrogen-bond donors (Lipinski definition) is 1. The summed E-state index contributed by atoms with van der Waals surface area (Å²) < 4.78 is 18.9. The molecule has 0 radical (unpaired) electrons. The Bertz CT molecular complexity index is 356. The minimum atomic E-state index is -0.225. The molecule has 0 aliphatic heterocycles. The van der Waals surface area contributed by atoms with E-state index in [1.165, 1.54) is 12.1 Å². The van der Waals surface area contributed by atoms with Crippen LogP contribution in [0.3, 0.4) is 0 Å². The molecule has 0 spiro atoms. The van der Waals surface area contributed by atoms with Crippen molar-refractivity contribution >= 4 is 12.4 Å². The molecule has 1 rings (SSSR count). The van der Waals surface area contributed by atoms with E-state index in [4.69, 9.17) is 10.5 Å². The lowest BCUT2D eigenvalue weighted by Crippen LogP contribution is -2.18. The molecular formula is C13H21ClFNO. The average Bonchev–Trinajstić information content (AvgIpc) is 2.15. The van der Waals surface area contributed by atoms with E-state index in [-0.39, 0.29) is 24.3 Å². The number of ether oxygens (including phenoxy) is 1. The molecule has 0 aliphatic rings. The second kappa shape index (κ2) is 7.51. The predicted molar refractivity (Wildman–Crippen MR) is 71.5 cm³/mol. The Hall–Kier alpha value is -0.800. The SMILES string of the molecule is CCCOc1c(C)cc(F)cc1CC(C)N.Cl. The van der Waals surface area contributed by atoms with Gasteiger partial charge in [-0.05, 0) is 49.9 Å². The number of halogens is 2. The van der Waals surface area contributed by atoms with Gasteiger partial charge in [0.1, 0.15) is 11.6 Å². The number of aryl methyl sites for hydroxylation is 1. The van der Waals surface area contributed by atoms with Crippen molar-refractivity contribution in [2.45, 2.75) is 39.7 Å². The third-order valence-electron chi connectivity index (χ3n) is 2.31. The summed E-state index contributed by atoms with van der Waals surface area (Å²) >= 11 is 0. The Balaban J connectivity index is 0.00000256. The van der Waals surface area contributed by atoms with E-state index in [9.17, 15) is 4.39 Å². The van der Waals surface area contributed by atoms with Crippen molar-refractivity contribution in [1.29, 1.82) is 0 Å². The zero-order chi connectivity index (χ0) is 12.1. The van der Waals surface area contributed by atoms with Crippen LogP contribution in [0.15, 0.2) is 12.1 Å². The lowest BCUT2D eigenvalue weighted by molar-refractivity contribution is 0.311. The summed E-state index contributed by atoms with van der Waals surface area (Å²) in [7, 11) is 0. The highest BCUT2D eigenvalue weighted by Gasteiger charge is 2.11. The fourth-order valence-electron chi connectivity index (χ4n) is 1.71. The molecule has 1 aromatic rings. The average molecular weight is 262 g/mol. The lowest BCUT2D eigenvalue weighted by Gasteiger charge is -2.15. The maximum Gasteiger partial charge on any atom is 0.125 e. The minimum Gasteiger partial charge on any atom is -0.493 e. The summed E-state index contributed by atoms with van der Waals surface area (Å²) in [6.45, 7) is 6.46. The van der Waals surface area contributed by atoms with Gasteiger partial charge in [-0.2, -0.15) is 0 Å². The molecule has 4 heteroatoms. The third kappa shape index (κ3) is 4.92. The van der Waals surface area contributed by atoms with Crippen molar-refractivity contribution < 1.29 is 9.13 Å². The van der Waals surface area contributed by atoms with Crippen LogP contribution >= 0.6 is 12.4 Å². The Labute approximate surface area is 109 Å². The zero-order valence-electron chi connectivity index (χ0n) is 10.6. The van der Waals surface area contributed by atoms with Gasteiger partial charge in [-0.3, -0.25) is 0 Å². The molecule has 98 valence electrons. The van der Waals surface area contributed by atoms with Crippen LogP contribution in [0.1, 0.15) is 31.4 Å². The Morgan fingerprint density at radius 1 is 1.41 bits per heavy atom. The number of benzene rings is 1. The highest BCUT2D eigenvalue weighted by atomic mass is 35.5. The summed E-state index contributed by atoms with van der Waals surface area (Å²) in [5.74, 6) is 0.567. The van der Waals surface area contributed by atoms with E-state index < -0.39 is 0 Å². The molecule has 1 aromatic carbocycles. The summed E-state index contributed by atoms with van der Waals surface area (Å²) in [4.78, 5) is 0. The highest BCUT2D eigenvalue weighted by molar-refractivity contribution is 5.85. The Morgan fingerprint density at radius 2 is 2.06 bits per heavy atom. The van der Waals surface area contributed by atoms with Gasteiger partial charge in [0.05, 0.1) is 6.61 Å². The first kappa shape index (κ1) is 16.2. The fraction of sp³-hybridized carbons (Fsp3) is 0.538. The van der Waals surface area contributed by atoms with Crippen molar-refractivity contribution in [2.24, 2.45) is 5.73 Å². The highest BCUT2D eigenvalue weighted by Crippen LogP contribution is 2.26. The van der Waals surface area contributed by atoms with Gasteiger partial charge in [-0.15, -0.1) is 12.4 Å². The van der Waals surface area contributed by atoms with Crippen molar-refractivity contribution in [1.82, 2.24) is 0 Å². The molecule has 2 N–H and O–H groups in total. The molecule has 0 bridgehead atoms. The van der Waals surface area contributed by atoms with E-state index in [0.717, 1.165) is 23.3 Å². The molecule has 0 aliphatic carbocycles. The van der Waals surface area contributed by atoms with Crippen LogP contribution in [-0.4, -0.2) is 12.6 Å². The van der Waals surface area contributed by atoms with Crippen molar-refractivity contribution in [2.75, 3.05) is 6.61 Å². The minimum absolute atomic E-state index is 0. The summed E-state index contributed by atoms with van der Waals surface area (Å²) in [5.41, 5.74) is 7.44. The van der Waals surface area contributed by atoms with Crippen LogP contribution in [0.25, 0.3) is 0 Å². The quantitative estimate of drug-likeness (QED) is 0.883. The molecule has 17 heavy (non-hydrogen) atoms. The zero-order valence-corrected chi connectivity index (χ0v) is 11.4. The van der Waals surface area contributed by atoms with Gasteiger partial charge in [0.25, 0.3) is 0 Å². The van der Waals surface area contributed by atoms with Crippen LogP contribution in [-0.2, 0) is 6.42 Å². The maximum absolute atomic E-state index is 13.3. The number of rotatable bonds is 5. The Morgan fingerprint density at radius 3 is 2.59 bits per heavy atom. The van der Waals surface area contributed by atoms with Crippen LogP contribution in [0.2, 0.25) is 0 Å². The topological polar surface area (TPSA) is 35.2 Å². The van der Waals surface area contributed by atoms with Gasteiger partial charge in [0.2, 0.25) is 0 Å². The van der Waals surface area contributed by atoms with E-state index >= 15 is 0 Å².